The van der Waals surface area contributed by atoms with Crippen LogP contribution in [0, 0.1) is 0 Å². The van der Waals surface area contributed by atoms with Crippen molar-refractivity contribution in [1.29, 1.82) is 0 Å². The molecule has 2 heteroatoms. The summed E-state index contributed by atoms with van der Waals surface area (Å²) in [4.78, 5) is 3.91. The van der Waals surface area contributed by atoms with Gasteiger partial charge in [-0.05, 0) is 18.6 Å². The van der Waals surface area contributed by atoms with E-state index in [4.69, 9.17) is 5.73 Å². The van der Waals surface area contributed by atoms with Crippen LogP contribution in [0.5, 0.6) is 0 Å². The van der Waals surface area contributed by atoms with Gasteiger partial charge < -0.3 is 5.73 Å². The highest BCUT2D eigenvalue weighted by Crippen LogP contribution is 2.06. The zero-order valence-corrected chi connectivity index (χ0v) is 6.62. The van der Waals surface area contributed by atoms with Gasteiger partial charge in [-0.1, -0.05) is 13.0 Å². The molecule has 0 spiro atoms. The first-order valence-electron chi connectivity index (χ1n) is 3.70. The van der Waals surface area contributed by atoms with Gasteiger partial charge >= 0.3 is 0 Å². The van der Waals surface area contributed by atoms with Crippen LogP contribution in [0.1, 0.15) is 18.9 Å². The minimum atomic E-state index is 0.829. The van der Waals surface area contributed by atoms with Gasteiger partial charge in [-0.25, -0.2) is 0 Å². The van der Waals surface area contributed by atoms with E-state index in [-0.39, 0.29) is 0 Å². The minimum Gasteiger partial charge on any atom is -0.399 e. The van der Waals surface area contributed by atoms with Gasteiger partial charge in [0, 0.05) is 23.7 Å². The average molecular weight is 148 g/mol. The predicted octanol–water partition coefficient (Wildman–Crippen LogP) is 1.79. The van der Waals surface area contributed by atoms with Crippen LogP contribution in [0.15, 0.2) is 30.6 Å². The van der Waals surface area contributed by atoms with E-state index in [2.05, 4.69) is 11.9 Å². The molecule has 0 amide bonds. The highest BCUT2D eigenvalue weighted by molar-refractivity contribution is 5.61. The second kappa shape index (κ2) is 3.76. The lowest BCUT2D eigenvalue weighted by Crippen LogP contribution is -1.95. The lowest BCUT2D eigenvalue weighted by atomic mass is 10.2. The highest BCUT2D eigenvalue weighted by atomic mass is 14.6. The molecule has 0 radical (unpaired) electrons. The Morgan fingerprint density at radius 3 is 2.73 bits per heavy atom. The Labute approximate surface area is 66.8 Å². The van der Waals surface area contributed by atoms with E-state index in [0.29, 0.717) is 0 Å². The summed E-state index contributed by atoms with van der Waals surface area (Å²) in [5, 5.41) is 0. The van der Waals surface area contributed by atoms with Gasteiger partial charge in [0.2, 0.25) is 0 Å². The molecule has 0 unspecified atom stereocenters. The van der Waals surface area contributed by atoms with Crippen LogP contribution in [0.25, 0.3) is 5.70 Å². The Morgan fingerprint density at radius 2 is 2.18 bits per heavy atom. The summed E-state index contributed by atoms with van der Waals surface area (Å²) in [6.07, 6.45) is 6.45. The van der Waals surface area contributed by atoms with Crippen LogP contribution >= 0.6 is 0 Å². The van der Waals surface area contributed by atoms with Gasteiger partial charge in [0.25, 0.3) is 0 Å². The first kappa shape index (κ1) is 7.79. The van der Waals surface area contributed by atoms with Crippen molar-refractivity contribution in [3.63, 3.8) is 0 Å². The lowest BCUT2D eigenvalue weighted by molar-refractivity contribution is 1.21. The molecule has 0 saturated carbocycles. The minimum absolute atomic E-state index is 0.829. The first-order valence-corrected chi connectivity index (χ1v) is 3.70. The van der Waals surface area contributed by atoms with Crippen molar-refractivity contribution in [2.75, 3.05) is 0 Å². The predicted molar refractivity (Wildman–Crippen MR) is 46.7 cm³/mol. The molecule has 0 aliphatic carbocycles. The number of aromatic nitrogens is 1. The molecular formula is C9H12N2. The van der Waals surface area contributed by atoms with E-state index in [1.165, 1.54) is 0 Å². The Balaban J connectivity index is 2.85. The van der Waals surface area contributed by atoms with E-state index in [9.17, 15) is 0 Å². The molecule has 0 aliphatic rings. The molecule has 0 fully saturated rings. The second-order valence-electron chi connectivity index (χ2n) is 2.30. The van der Waals surface area contributed by atoms with Gasteiger partial charge in [-0.2, -0.15) is 0 Å². The maximum atomic E-state index is 5.74. The van der Waals surface area contributed by atoms with Crippen LogP contribution < -0.4 is 5.73 Å². The number of allylic oxidation sites excluding steroid dienone is 1. The molecular weight excluding hydrogens is 136 g/mol. The Bertz CT molecular complexity index is 239. The zero-order valence-electron chi connectivity index (χ0n) is 6.62. The molecule has 11 heavy (non-hydrogen) atoms. The summed E-state index contributed by atoms with van der Waals surface area (Å²) < 4.78 is 0. The summed E-state index contributed by atoms with van der Waals surface area (Å²) in [5.41, 5.74) is 7.61. The normalized spacial score (nSPS) is 11.5. The van der Waals surface area contributed by atoms with Crippen LogP contribution in [-0.2, 0) is 0 Å². The monoisotopic (exact) mass is 148 g/mol. The summed E-state index contributed by atoms with van der Waals surface area (Å²) in [6, 6.07) is 3.81. The second-order valence-corrected chi connectivity index (χ2v) is 2.30. The standard InChI is InChI=1S/C9H12N2/c1-2-3-9(10)8-4-6-11-7-5-8/h3-7H,2,10H2,1H3/b9-3-. The molecule has 0 bridgehead atoms. The van der Waals surface area contributed by atoms with E-state index >= 15 is 0 Å². The summed E-state index contributed by atoms with van der Waals surface area (Å²) in [6.45, 7) is 2.06. The Kier molecular flexibility index (Phi) is 2.66. The number of pyridine rings is 1. The van der Waals surface area contributed by atoms with Crippen molar-refractivity contribution >= 4 is 5.70 Å². The molecule has 0 saturated heterocycles. The van der Waals surface area contributed by atoms with Gasteiger partial charge in [-0.15, -0.1) is 0 Å². The molecule has 1 aromatic heterocycles. The summed E-state index contributed by atoms with van der Waals surface area (Å²) >= 11 is 0. The van der Waals surface area contributed by atoms with E-state index < -0.39 is 0 Å². The molecule has 1 heterocycles. The molecule has 0 atom stereocenters. The molecule has 1 rings (SSSR count). The van der Waals surface area contributed by atoms with Crippen LogP contribution in [0.4, 0.5) is 0 Å². The van der Waals surface area contributed by atoms with Crippen molar-refractivity contribution in [2.24, 2.45) is 5.73 Å². The maximum Gasteiger partial charge on any atom is 0.0348 e. The summed E-state index contributed by atoms with van der Waals surface area (Å²) in [7, 11) is 0. The number of nitrogens with zero attached hydrogens (tertiary/aromatic N) is 1. The number of nitrogens with two attached hydrogens (primary N) is 1. The van der Waals surface area contributed by atoms with Crippen molar-refractivity contribution in [3.05, 3.63) is 36.2 Å². The van der Waals surface area contributed by atoms with E-state index in [0.717, 1.165) is 17.7 Å². The zero-order chi connectivity index (χ0) is 8.10. The fraction of sp³-hybridized carbons (Fsp3) is 0.222. The Morgan fingerprint density at radius 1 is 1.55 bits per heavy atom. The van der Waals surface area contributed by atoms with E-state index in [1.807, 2.05) is 18.2 Å². The fourth-order valence-electron chi connectivity index (χ4n) is 0.882. The fourth-order valence-corrected chi connectivity index (χ4v) is 0.882. The molecule has 1 aromatic rings. The van der Waals surface area contributed by atoms with Gasteiger partial charge in [0.15, 0.2) is 0 Å². The van der Waals surface area contributed by atoms with Crippen molar-refractivity contribution in [2.45, 2.75) is 13.3 Å². The third kappa shape index (κ3) is 2.08. The van der Waals surface area contributed by atoms with Crippen molar-refractivity contribution in [1.82, 2.24) is 4.98 Å². The molecule has 0 aromatic carbocycles. The van der Waals surface area contributed by atoms with Gasteiger partial charge in [-0.3, -0.25) is 4.98 Å². The quantitative estimate of drug-likeness (QED) is 0.694. The number of hydrogen-bond donors (Lipinski definition) is 1. The average Bonchev–Trinajstić information content (AvgIpc) is 2.07. The van der Waals surface area contributed by atoms with Crippen molar-refractivity contribution in [3.8, 4) is 0 Å². The van der Waals surface area contributed by atoms with Crippen LogP contribution in [-0.4, -0.2) is 4.98 Å². The topological polar surface area (TPSA) is 38.9 Å². The highest BCUT2D eigenvalue weighted by Gasteiger charge is 1.91. The number of hydrogen-bond acceptors (Lipinski definition) is 2. The smallest absolute Gasteiger partial charge is 0.0348 e. The first-order chi connectivity index (χ1) is 5.34. The molecule has 58 valence electrons. The lowest BCUT2D eigenvalue weighted by Gasteiger charge is -1.98. The largest absolute Gasteiger partial charge is 0.399 e. The Hall–Kier alpha value is -1.31. The molecule has 2 N–H and O–H groups in total. The van der Waals surface area contributed by atoms with Gasteiger partial charge in [0.1, 0.15) is 0 Å². The molecule has 2 nitrogen and oxygen atoms in total. The van der Waals surface area contributed by atoms with Crippen LogP contribution in [0.3, 0.4) is 0 Å². The third-order valence-corrected chi connectivity index (χ3v) is 1.44. The SMILES string of the molecule is CC/C=C(\N)c1ccncc1. The molecule has 0 aliphatic heterocycles. The summed E-state index contributed by atoms with van der Waals surface area (Å²) in [5.74, 6) is 0. The number of rotatable bonds is 2. The maximum absolute atomic E-state index is 5.74. The van der Waals surface area contributed by atoms with Crippen LogP contribution in [0.2, 0.25) is 0 Å². The van der Waals surface area contributed by atoms with E-state index in [1.54, 1.807) is 12.4 Å². The third-order valence-electron chi connectivity index (χ3n) is 1.44. The van der Waals surface area contributed by atoms with Gasteiger partial charge in [0.05, 0.1) is 0 Å². The van der Waals surface area contributed by atoms with Crippen molar-refractivity contribution < 1.29 is 0 Å².